The molecule has 2 aromatic rings. The zero-order chi connectivity index (χ0) is 24.6. The first-order valence-corrected chi connectivity index (χ1v) is 14.3. The molecule has 3 rings (SSSR count). The van der Waals surface area contributed by atoms with E-state index in [1.807, 2.05) is 12.1 Å². The zero-order valence-electron chi connectivity index (χ0n) is 20.7. The van der Waals surface area contributed by atoms with Crippen LogP contribution in [0.1, 0.15) is 44.4 Å². The van der Waals surface area contributed by atoms with Gasteiger partial charge in [-0.05, 0) is 43.1 Å². The molecule has 0 radical (unpaired) electrons. The molecular weight excluding hydrogens is 438 g/mol. The smallest absolute Gasteiger partial charge is 0.418 e. The highest BCUT2D eigenvalue weighted by atomic mass is 28.4. The van der Waals surface area contributed by atoms with Crippen LogP contribution < -0.4 is 0 Å². The van der Waals surface area contributed by atoms with Gasteiger partial charge in [0.05, 0.1) is 19.2 Å². The van der Waals surface area contributed by atoms with Crippen molar-refractivity contribution in [3.05, 3.63) is 40.6 Å². The topological polar surface area (TPSA) is 87.0 Å². The fourth-order valence-electron chi connectivity index (χ4n) is 3.99. The number of hydrogen-bond acceptors (Lipinski definition) is 6. The second-order valence-electron chi connectivity index (χ2n) is 9.89. The molecule has 0 unspecified atom stereocenters. The van der Waals surface area contributed by atoms with Gasteiger partial charge < -0.3 is 19.0 Å². The molecular formula is C25H35NO6Si. The number of aromatic hydroxyl groups is 1. The Hall–Kier alpha value is -2.58. The molecule has 0 atom stereocenters. The minimum absolute atomic E-state index is 0.0613. The number of carbonyl (C=O) groups excluding carboxylic acids is 2. The van der Waals surface area contributed by atoms with E-state index in [1.54, 1.807) is 13.1 Å². The zero-order valence-corrected chi connectivity index (χ0v) is 21.7. The maximum absolute atomic E-state index is 12.5. The highest BCUT2D eigenvalue weighted by Gasteiger charge is 2.37. The molecule has 0 amide bonds. The summed E-state index contributed by atoms with van der Waals surface area (Å²) in [6.45, 7) is 13.4. The molecule has 180 valence electrons. The predicted octanol–water partition coefficient (Wildman–Crippen LogP) is 5.11. The summed E-state index contributed by atoms with van der Waals surface area (Å²) >= 11 is 0. The van der Waals surface area contributed by atoms with Crippen LogP contribution in [0, 0.1) is 0 Å². The minimum Gasteiger partial charge on any atom is -0.507 e. The molecule has 1 aliphatic carbocycles. The lowest BCUT2D eigenvalue weighted by Crippen LogP contribution is -2.41. The molecule has 0 aliphatic heterocycles. The first kappa shape index (κ1) is 25.0. The number of methoxy groups -OCH3 is 1. The van der Waals surface area contributed by atoms with Gasteiger partial charge in [-0.15, -0.1) is 0 Å². The van der Waals surface area contributed by atoms with Crippen LogP contribution in [0.15, 0.2) is 23.9 Å². The summed E-state index contributed by atoms with van der Waals surface area (Å²) in [7, 11) is -0.649. The van der Waals surface area contributed by atoms with Crippen molar-refractivity contribution in [1.82, 2.24) is 4.57 Å². The standard InChI is InChI=1S/C25H35NO6Si/c1-8-31-23(28)16-9-10-17-18-11-13-26(24(29)30-5)21(18)19(22(27)20(17)15-16)12-14-32-33(6,7)25(2,3)4/h9,11,13,27H,8,10,12,14-15H2,1-7H3. The lowest BCUT2D eigenvalue weighted by Gasteiger charge is -2.36. The maximum atomic E-state index is 12.5. The van der Waals surface area contributed by atoms with Gasteiger partial charge in [0.25, 0.3) is 0 Å². The van der Waals surface area contributed by atoms with E-state index in [0.29, 0.717) is 48.3 Å². The Morgan fingerprint density at radius 3 is 2.52 bits per heavy atom. The summed E-state index contributed by atoms with van der Waals surface area (Å²) in [5, 5.41) is 12.3. The third-order valence-electron chi connectivity index (χ3n) is 6.88. The second-order valence-corrected chi connectivity index (χ2v) is 14.7. The molecule has 0 saturated carbocycles. The van der Waals surface area contributed by atoms with Gasteiger partial charge in [0.15, 0.2) is 8.32 Å². The molecule has 7 nitrogen and oxygen atoms in total. The third-order valence-corrected chi connectivity index (χ3v) is 11.4. The fourth-order valence-corrected chi connectivity index (χ4v) is 5.03. The van der Waals surface area contributed by atoms with Crippen molar-refractivity contribution in [3.8, 4) is 5.75 Å². The van der Waals surface area contributed by atoms with Crippen LogP contribution in [0.2, 0.25) is 18.1 Å². The molecule has 1 aromatic heterocycles. The van der Waals surface area contributed by atoms with Crippen LogP contribution >= 0.6 is 0 Å². The van der Waals surface area contributed by atoms with E-state index in [4.69, 9.17) is 13.9 Å². The lowest BCUT2D eigenvalue weighted by molar-refractivity contribution is -0.138. The average Bonchev–Trinajstić information content (AvgIpc) is 3.19. The number of carbonyl (C=O) groups is 2. The van der Waals surface area contributed by atoms with Crippen molar-refractivity contribution < 1.29 is 28.6 Å². The molecule has 1 aliphatic rings. The lowest BCUT2D eigenvalue weighted by atomic mass is 9.86. The first-order chi connectivity index (χ1) is 15.4. The number of rotatable bonds is 6. The van der Waals surface area contributed by atoms with E-state index in [0.717, 1.165) is 10.9 Å². The van der Waals surface area contributed by atoms with Gasteiger partial charge in [0, 0.05) is 47.7 Å². The monoisotopic (exact) mass is 473 g/mol. The van der Waals surface area contributed by atoms with Crippen LogP contribution in [-0.4, -0.2) is 50.4 Å². The number of benzene rings is 1. The van der Waals surface area contributed by atoms with Gasteiger partial charge in [0.1, 0.15) is 5.75 Å². The molecule has 8 heteroatoms. The quantitative estimate of drug-likeness (QED) is 0.463. The van der Waals surface area contributed by atoms with Crippen molar-refractivity contribution in [2.45, 2.75) is 65.1 Å². The third kappa shape index (κ3) is 4.72. The summed E-state index contributed by atoms with van der Waals surface area (Å²) in [6.07, 6.45) is 4.18. The molecule has 1 N–H and O–H groups in total. The van der Waals surface area contributed by atoms with Gasteiger partial charge in [-0.1, -0.05) is 26.8 Å². The van der Waals surface area contributed by atoms with E-state index in [9.17, 15) is 14.7 Å². The van der Waals surface area contributed by atoms with Gasteiger partial charge in [0.2, 0.25) is 0 Å². The van der Waals surface area contributed by atoms with Gasteiger partial charge >= 0.3 is 12.1 Å². The minimum atomic E-state index is -1.98. The molecule has 0 fully saturated rings. The molecule has 33 heavy (non-hydrogen) atoms. The Kier molecular flexibility index (Phi) is 7.09. The van der Waals surface area contributed by atoms with E-state index in [-0.39, 0.29) is 23.2 Å². The Morgan fingerprint density at radius 2 is 1.91 bits per heavy atom. The Balaban J connectivity index is 2.06. The Bertz CT molecular complexity index is 1110. The van der Waals surface area contributed by atoms with Crippen LogP contribution in [0.3, 0.4) is 0 Å². The Labute approximate surface area is 196 Å². The molecule has 0 spiro atoms. The summed E-state index contributed by atoms with van der Waals surface area (Å²) in [4.78, 5) is 24.8. The van der Waals surface area contributed by atoms with Crippen LogP contribution in [0.25, 0.3) is 10.9 Å². The van der Waals surface area contributed by atoms with Gasteiger partial charge in [-0.2, -0.15) is 0 Å². The van der Waals surface area contributed by atoms with Crippen LogP contribution in [0.4, 0.5) is 4.79 Å². The predicted molar refractivity (Wildman–Crippen MR) is 130 cm³/mol. The number of phenolic OH excluding ortho intramolecular Hbond substituents is 1. The van der Waals surface area contributed by atoms with Crippen molar-refractivity contribution in [3.63, 3.8) is 0 Å². The van der Waals surface area contributed by atoms with E-state index >= 15 is 0 Å². The highest BCUT2D eigenvalue weighted by Crippen LogP contribution is 2.41. The Morgan fingerprint density at radius 1 is 1.21 bits per heavy atom. The van der Waals surface area contributed by atoms with E-state index in [2.05, 4.69) is 33.9 Å². The summed E-state index contributed by atoms with van der Waals surface area (Å²) < 4.78 is 17.9. The van der Waals surface area contributed by atoms with Crippen molar-refractivity contribution >= 4 is 31.3 Å². The number of aromatic nitrogens is 1. The summed E-state index contributed by atoms with van der Waals surface area (Å²) in [5.74, 6) is -0.257. The van der Waals surface area contributed by atoms with Crippen molar-refractivity contribution in [1.29, 1.82) is 0 Å². The van der Waals surface area contributed by atoms with Gasteiger partial charge in [-0.25, -0.2) is 9.59 Å². The molecule has 0 saturated heterocycles. The second kappa shape index (κ2) is 9.35. The number of phenols is 1. The number of ether oxygens (including phenoxy) is 2. The number of nitrogens with zero attached hydrogens (tertiary/aromatic N) is 1. The van der Waals surface area contributed by atoms with Gasteiger partial charge in [-0.3, -0.25) is 4.57 Å². The SMILES string of the molecule is CCOC(=O)C1=CCc2c(c(O)c(CCO[Si](C)(C)C(C)(C)C)c3c2ccn3C(=O)OC)C1. The van der Waals surface area contributed by atoms with Crippen molar-refractivity contribution in [2.24, 2.45) is 0 Å². The maximum Gasteiger partial charge on any atom is 0.418 e. The largest absolute Gasteiger partial charge is 0.507 e. The average molecular weight is 474 g/mol. The van der Waals surface area contributed by atoms with E-state index < -0.39 is 14.4 Å². The molecule has 1 heterocycles. The van der Waals surface area contributed by atoms with Crippen molar-refractivity contribution in [2.75, 3.05) is 20.3 Å². The van der Waals surface area contributed by atoms with Crippen LogP contribution in [-0.2, 0) is 38.0 Å². The first-order valence-electron chi connectivity index (χ1n) is 11.4. The number of fused-ring (bicyclic) bond motifs is 3. The normalized spacial score (nSPS) is 14.1. The highest BCUT2D eigenvalue weighted by molar-refractivity contribution is 6.74. The summed E-state index contributed by atoms with van der Waals surface area (Å²) in [6, 6.07) is 1.87. The molecule has 1 aromatic carbocycles. The van der Waals surface area contributed by atoms with Crippen LogP contribution in [0.5, 0.6) is 5.75 Å². The fraction of sp³-hybridized carbons (Fsp3) is 0.520. The molecule has 0 bridgehead atoms. The summed E-state index contributed by atoms with van der Waals surface area (Å²) in [5.41, 5.74) is 3.41. The van der Waals surface area contributed by atoms with E-state index in [1.165, 1.54) is 11.7 Å². The number of hydrogen-bond donors (Lipinski definition) is 1. The number of allylic oxidation sites excluding steroid dienone is 1. The number of esters is 1.